The second-order valence-corrected chi connectivity index (χ2v) is 5.80. The van der Waals surface area contributed by atoms with Gasteiger partial charge in [0.05, 0.1) is 5.69 Å². The predicted octanol–water partition coefficient (Wildman–Crippen LogP) is 2.77. The van der Waals surface area contributed by atoms with Gasteiger partial charge in [0.2, 0.25) is 11.8 Å². The SMILES string of the molecule is CC(=O)Nc1ccc(NC(=O)C2=NN(c3ccccc3)C(=O)CC2)cc1. The van der Waals surface area contributed by atoms with Crippen LogP contribution in [0.4, 0.5) is 17.1 Å². The van der Waals surface area contributed by atoms with Crippen molar-refractivity contribution in [1.29, 1.82) is 0 Å². The quantitative estimate of drug-likeness (QED) is 0.888. The average Bonchev–Trinajstić information content (AvgIpc) is 2.64. The first-order valence-corrected chi connectivity index (χ1v) is 8.17. The van der Waals surface area contributed by atoms with Crippen molar-refractivity contribution in [2.75, 3.05) is 15.6 Å². The summed E-state index contributed by atoms with van der Waals surface area (Å²) < 4.78 is 0. The number of hydrogen-bond donors (Lipinski definition) is 2. The largest absolute Gasteiger partial charge is 0.326 e. The van der Waals surface area contributed by atoms with Crippen LogP contribution in [0.1, 0.15) is 19.8 Å². The van der Waals surface area contributed by atoms with Gasteiger partial charge in [0.1, 0.15) is 5.71 Å². The lowest BCUT2D eigenvalue weighted by atomic mass is 10.1. The van der Waals surface area contributed by atoms with E-state index in [-0.39, 0.29) is 30.6 Å². The highest BCUT2D eigenvalue weighted by atomic mass is 16.2. The second-order valence-electron chi connectivity index (χ2n) is 5.80. The molecule has 0 bridgehead atoms. The van der Waals surface area contributed by atoms with Crippen molar-refractivity contribution in [3.63, 3.8) is 0 Å². The number of carbonyl (C=O) groups excluding carboxylic acids is 3. The Labute approximate surface area is 150 Å². The number of hydrazone groups is 1. The van der Waals surface area contributed by atoms with Crippen LogP contribution in [-0.2, 0) is 14.4 Å². The molecule has 2 aromatic rings. The van der Waals surface area contributed by atoms with Gasteiger partial charge in [0.25, 0.3) is 5.91 Å². The smallest absolute Gasteiger partial charge is 0.271 e. The van der Waals surface area contributed by atoms with Crippen molar-refractivity contribution < 1.29 is 14.4 Å². The highest BCUT2D eigenvalue weighted by Gasteiger charge is 2.25. The Kier molecular flexibility index (Phi) is 5.07. The van der Waals surface area contributed by atoms with E-state index in [4.69, 9.17) is 0 Å². The lowest BCUT2D eigenvalue weighted by Gasteiger charge is -2.23. The zero-order valence-corrected chi connectivity index (χ0v) is 14.2. The monoisotopic (exact) mass is 350 g/mol. The first kappa shape index (κ1) is 17.3. The van der Waals surface area contributed by atoms with Crippen LogP contribution in [0.15, 0.2) is 59.7 Å². The third kappa shape index (κ3) is 4.13. The van der Waals surface area contributed by atoms with Crippen molar-refractivity contribution in [2.45, 2.75) is 19.8 Å². The third-order valence-electron chi connectivity index (χ3n) is 3.76. The summed E-state index contributed by atoms with van der Waals surface area (Å²) in [5.41, 5.74) is 2.14. The summed E-state index contributed by atoms with van der Waals surface area (Å²) in [5, 5.41) is 10.9. The number of hydrogen-bond acceptors (Lipinski definition) is 4. The molecule has 132 valence electrons. The Balaban J connectivity index is 1.72. The van der Waals surface area contributed by atoms with E-state index in [2.05, 4.69) is 15.7 Å². The van der Waals surface area contributed by atoms with Gasteiger partial charge in [-0.15, -0.1) is 0 Å². The summed E-state index contributed by atoms with van der Waals surface area (Å²) >= 11 is 0. The summed E-state index contributed by atoms with van der Waals surface area (Å²) in [5.74, 6) is -0.665. The second kappa shape index (κ2) is 7.60. The first-order chi connectivity index (χ1) is 12.5. The molecule has 7 nitrogen and oxygen atoms in total. The summed E-state index contributed by atoms with van der Waals surface area (Å²) in [6.07, 6.45) is 0.514. The molecule has 0 atom stereocenters. The van der Waals surface area contributed by atoms with E-state index >= 15 is 0 Å². The maximum absolute atomic E-state index is 12.5. The molecule has 1 aliphatic rings. The number of anilines is 3. The molecule has 0 aromatic heterocycles. The minimum absolute atomic E-state index is 0.146. The molecule has 0 unspecified atom stereocenters. The molecule has 0 saturated carbocycles. The zero-order valence-electron chi connectivity index (χ0n) is 14.2. The molecule has 26 heavy (non-hydrogen) atoms. The van der Waals surface area contributed by atoms with Crippen LogP contribution in [-0.4, -0.2) is 23.4 Å². The fourth-order valence-corrected chi connectivity index (χ4v) is 2.53. The molecule has 2 aromatic carbocycles. The van der Waals surface area contributed by atoms with Crippen molar-refractivity contribution in [1.82, 2.24) is 0 Å². The summed E-state index contributed by atoms with van der Waals surface area (Å²) in [6, 6.07) is 15.8. The van der Waals surface area contributed by atoms with Crippen molar-refractivity contribution in [3.8, 4) is 0 Å². The standard InChI is InChI=1S/C19H18N4O3/c1-13(24)20-14-7-9-15(10-8-14)21-19(26)17-11-12-18(25)23(22-17)16-5-3-2-4-6-16/h2-10H,11-12H2,1H3,(H,20,24)(H,21,26). The summed E-state index contributed by atoms with van der Waals surface area (Å²) in [6.45, 7) is 1.43. The fourth-order valence-electron chi connectivity index (χ4n) is 2.53. The van der Waals surface area contributed by atoms with Gasteiger partial charge in [-0.1, -0.05) is 18.2 Å². The van der Waals surface area contributed by atoms with Crippen LogP contribution >= 0.6 is 0 Å². The van der Waals surface area contributed by atoms with Gasteiger partial charge >= 0.3 is 0 Å². The Morgan fingerprint density at radius 2 is 1.54 bits per heavy atom. The molecule has 0 radical (unpaired) electrons. The lowest BCUT2D eigenvalue weighted by molar-refractivity contribution is -0.119. The Morgan fingerprint density at radius 3 is 2.15 bits per heavy atom. The molecule has 0 spiro atoms. The van der Waals surface area contributed by atoms with Gasteiger partial charge in [-0.2, -0.15) is 5.10 Å². The molecule has 0 saturated heterocycles. The lowest BCUT2D eigenvalue weighted by Crippen LogP contribution is -2.36. The highest BCUT2D eigenvalue weighted by Crippen LogP contribution is 2.20. The number of benzene rings is 2. The first-order valence-electron chi connectivity index (χ1n) is 8.17. The number of rotatable bonds is 4. The Bertz CT molecular complexity index is 860. The van der Waals surface area contributed by atoms with Crippen LogP contribution in [0.3, 0.4) is 0 Å². The molecular formula is C19H18N4O3. The molecule has 7 heteroatoms. The molecular weight excluding hydrogens is 332 g/mol. The third-order valence-corrected chi connectivity index (χ3v) is 3.76. The topological polar surface area (TPSA) is 90.9 Å². The molecule has 2 N–H and O–H groups in total. The number of amides is 3. The predicted molar refractivity (Wildman–Crippen MR) is 100.0 cm³/mol. The summed E-state index contributed by atoms with van der Waals surface area (Å²) in [4.78, 5) is 35.6. The minimum Gasteiger partial charge on any atom is -0.326 e. The highest BCUT2D eigenvalue weighted by molar-refractivity contribution is 6.44. The van der Waals surface area contributed by atoms with Gasteiger partial charge in [-0.3, -0.25) is 14.4 Å². The van der Waals surface area contributed by atoms with Gasteiger partial charge in [0, 0.05) is 31.1 Å². The van der Waals surface area contributed by atoms with E-state index in [1.807, 2.05) is 18.2 Å². The minimum atomic E-state index is -0.356. The van der Waals surface area contributed by atoms with Crippen molar-refractivity contribution in [2.24, 2.45) is 5.10 Å². The van der Waals surface area contributed by atoms with E-state index in [0.717, 1.165) is 0 Å². The Hall–Kier alpha value is -3.48. The van der Waals surface area contributed by atoms with E-state index in [1.165, 1.54) is 11.9 Å². The van der Waals surface area contributed by atoms with Gasteiger partial charge in [0.15, 0.2) is 0 Å². The van der Waals surface area contributed by atoms with Crippen LogP contribution < -0.4 is 15.6 Å². The van der Waals surface area contributed by atoms with Gasteiger partial charge in [-0.05, 0) is 36.4 Å². The van der Waals surface area contributed by atoms with Gasteiger partial charge < -0.3 is 10.6 Å². The van der Waals surface area contributed by atoms with E-state index in [1.54, 1.807) is 36.4 Å². The number of para-hydroxylation sites is 1. The Morgan fingerprint density at radius 1 is 0.923 bits per heavy atom. The van der Waals surface area contributed by atoms with Crippen LogP contribution in [0.25, 0.3) is 0 Å². The van der Waals surface area contributed by atoms with Gasteiger partial charge in [-0.25, -0.2) is 5.01 Å². The van der Waals surface area contributed by atoms with Crippen molar-refractivity contribution >= 4 is 40.5 Å². The molecule has 3 amide bonds. The molecule has 3 rings (SSSR count). The normalized spacial score (nSPS) is 13.8. The van der Waals surface area contributed by atoms with Crippen LogP contribution in [0.2, 0.25) is 0 Å². The molecule has 1 aliphatic heterocycles. The maximum atomic E-state index is 12.5. The zero-order chi connectivity index (χ0) is 18.5. The maximum Gasteiger partial charge on any atom is 0.271 e. The van der Waals surface area contributed by atoms with Crippen LogP contribution in [0, 0.1) is 0 Å². The van der Waals surface area contributed by atoms with E-state index in [0.29, 0.717) is 22.8 Å². The summed E-state index contributed by atoms with van der Waals surface area (Å²) in [7, 11) is 0. The fraction of sp³-hybridized carbons (Fsp3) is 0.158. The van der Waals surface area contributed by atoms with Crippen molar-refractivity contribution in [3.05, 3.63) is 54.6 Å². The number of nitrogens with zero attached hydrogens (tertiary/aromatic N) is 2. The molecule has 0 aliphatic carbocycles. The number of carbonyl (C=O) groups is 3. The van der Waals surface area contributed by atoms with E-state index in [9.17, 15) is 14.4 Å². The van der Waals surface area contributed by atoms with E-state index < -0.39 is 0 Å². The van der Waals surface area contributed by atoms with Crippen LogP contribution in [0.5, 0.6) is 0 Å². The molecule has 1 heterocycles. The molecule has 0 fully saturated rings. The average molecular weight is 350 g/mol. The number of nitrogens with one attached hydrogen (secondary N) is 2.